The Morgan fingerprint density at radius 3 is 1.56 bits per heavy atom. The lowest BCUT2D eigenvalue weighted by Crippen LogP contribution is -2.14. The van der Waals surface area contributed by atoms with Crippen molar-refractivity contribution in [3.05, 3.63) is 205 Å². The van der Waals surface area contributed by atoms with Gasteiger partial charge in [0.05, 0.1) is 11.4 Å². The summed E-state index contributed by atoms with van der Waals surface area (Å²) in [6.07, 6.45) is 0. The number of aromatic nitrogens is 2. The minimum absolute atomic E-state index is 0.156. The van der Waals surface area contributed by atoms with Gasteiger partial charge in [0.15, 0.2) is 5.82 Å². The first-order valence-corrected chi connectivity index (χ1v) is 20.5. The van der Waals surface area contributed by atoms with E-state index in [-0.39, 0.29) is 5.41 Å². The van der Waals surface area contributed by atoms with Crippen LogP contribution in [0.5, 0.6) is 0 Å². The lowest BCUT2D eigenvalue weighted by Gasteiger charge is -2.22. The Kier molecular flexibility index (Phi) is 7.31. The van der Waals surface area contributed by atoms with Crippen LogP contribution in [-0.4, -0.2) is 9.97 Å². The van der Waals surface area contributed by atoms with E-state index in [1.54, 1.807) is 0 Å². The van der Waals surface area contributed by atoms with Gasteiger partial charge < -0.3 is 0 Å². The van der Waals surface area contributed by atoms with E-state index in [4.69, 9.17) is 9.97 Å². The Labute approximate surface area is 343 Å². The van der Waals surface area contributed by atoms with Gasteiger partial charge in [0.2, 0.25) is 0 Å². The highest BCUT2D eigenvalue weighted by atomic mass is 14.9. The fraction of sp³-hybridized carbons (Fsp3) is 0.0526. The molecule has 2 nitrogen and oxygen atoms in total. The lowest BCUT2D eigenvalue weighted by molar-refractivity contribution is 0.661. The summed E-state index contributed by atoms with van der Waals surface area (Å²) in [5.41, 5.74) is 12.5. The van der Waals surface area contributed by atoms with Crippen molar-refractivity contribution in [2.24, 2.45) is 0 Å². The zero-order valence-corrected chi connectivity index (χ0v) is 32.9. The molecule has 10 aromatic carbocycles. The van der Waals surface area contributed by atoms with E-state index in [0.717, 1.165) is 33.5 Å². The number of hydrogen-bond donors (Lipinski definition) is 0. The van der Waals surface area contributed by atoms with E-state index >= 15 is 0 Å². The van der Waals surface area contributed by atoms with Gasteiger partial charge in [-0.05, 0) is 112 Å². The summed E-state index contributed by atoms with van der Waals surface area (Å²) in [5, 5.41) is 12.5. The van der Waals surface area contributed by atoms with Crippen molar-refractivity contribution in [1.82, 2.24) is 9.97 Å². The standard InChI is InChI=1S/C57H38N2/c1-57(2)51-26-14-25-48(55(51)50-31-36-17-6-7-18-37(36)33-52(50)57)54-34-53(58-56(59-54)35-15-4-3-5-16-35)47-30-29-39(40-19-8-12-23-44(40)47)38-27-28-46-43-22-10-9-20-41(43)42-21-11-13-24-45(42)49(46)32-38/h3-34H,1-2H3. The van der Waals surface area contributed by atoms with Crippen LogP contribution in [0, 0.1) is 0 Å². The summed E-state index contributed by atoms with van der Waals surface area (Å²) in [4.78, 5) is 10.7. The molecule has 0 atom stereocenters. The molecule has 12 rings (SSSR count). The van der Waals surface area contributed by atoms with Crippen LogP contribution >= 0.6 is 0 Å². The number of rotatable bonds is 4. The van der Waals surface area contributed by atoms with Gasteiger partial charge in [-0.2, -0.15) is 0 Å². The molecule has 0 saturated carbocycles. The van der Waals surface area contributed by atoms with E-state index in [1.807, 2.05) is 6.07 Å². The van der Waals surface area contributed by atoms with Gasteiger partial charge in [0.1, 0.15) is 0 Å². The molecule has 11 aromatic rings. The van der Waals surface area contributed by atoms with Crippen LogP contribution in [-0.2, 0) is 5.41 Å². The Morgan fingerprint density at radius 1 is 0.322 bits per heavy atom. The van der Waals surface area contributed by atoms with E-state index in [2.05, 4.69) is 202 Å². The Bertz CT molecular complexity index is 3490. The first kappa shape index (κ1) is 33.7. The second kappa shape index (κ2) is 12.8. The summed E-state index contributed by atoms with van der Waals surface area (Å²) in [6.45, 7) is 4.70. The third-order valence-electron chi connectivity index (χ3n) is 12.9. The first-order valence-electron chi connectivity index (χ1n) is 20.5. The second-order valence-electron chi connectivity index (χ2n) is 16.5. The molecule has 0 saturated heterocycles. The molecule has 0 bridgehead atoms. The molecule has 1 aliphatic carbocycles. The number of nitrogens with zero attached hydrogens (tertiary/aromatic N) is 2. The van der Waals surface area contributed by atoms with Crippen molar-refractivity contribution in [2.45, 2.75) is 19.3 Å². The number of hydrogen-bond acceptors (Lipinski definition) is 2. The minimum atomic E-state index is -0.156. The summed E-state index contributed by atoms with van der Waals surface area (Å²) in [6, 6.07) is 70.7. The van der Waals surface area contributed by atoms with Crippen LogP contribution in [0.2, 0.25) is 0 Å². The maximum absolute atomic E-state index is 5.37. The average molecular weight is 751 g/mol. The van der Waals surface area contributed by atoms with Crippen LogP contribution in [0.25, 0.3) is 110 Å². The molecule has 0 aliphatic heterocycles. The molecule has 276 valence electrons. The minimum Gasteiger partial charge on any atom is -0.228 e. The highest BCUT2D eigenvalue weighted by Crippen LogP contribution is 2.53. The third kappa shape index (κ3) is 5.13. The highest BCUT2D eigenvalue weighted by molar-refractivity contribution is 6.26. The molecule has 0 N–H and O–H groups in total. The molecule has 0 fully saturated rings. The smallest absolute Gasteiger partial charge is 0.160 e. The van der Waals surface area contributed by atoms with Crippen LogP contribution in [0.4, 0.5) is 0 Å². The van der Waals surface area contributed by atoms with E-state index in [9.17, 15) is 0 Å². The Morgan fingerprint density at radius 2 is 0.864 bits per heavy atom. The van der Waals surface area contributed by atoms with Gasteiger partial charge in [0, 0.05) is 22.1 Å². The van der Waals surface area contributed by atoms with Crippen LogP contribution in [0.3, 0.4) is 0 Å². The van der Waals surface area contributed by atoms with E-state index in [0.29, 0.717) is 5.82 Å². The first-order chi connectivity index (χ1) is 29.0. The molecule has 1 heterocycles. The average Bonchev–Trinajstić information content (AvgIpc) is 3.52. The van der Waals surface area contributed by atoms with Gasteiger partial charge in [-0.15, -0.1) is 0 Å². The van der Waals surface area contributed by atoms with E-state index in [1.165, 1.54) is 81.9 Å². The SMILES string of the molecule is CC1(C)c2cc3ccccc3cc2-c2c(-c3cc(-c4ccc(-c5ccc6c7ccccc7c7ccccc7c6c5)c5ccccc45)nc(-c4ccccc4)n3)cccc21. The summed E-state index contributed by atoms with van der Waals surface area (Å²) < 4.78 is 0. The van der Waals surface area contributed by atoms with Gasteiger partial charge in [0.25, 0.3) is 0 Å². The molecule has 0 spiro atoms. The molecular weight excluding hydrogens is 713 g/mol. The molecule has 0 amide bonds. The summed E-state index contributed by atoms with van der Waals surface area (Å²) in [7, 11) is 0. The quantitative estimate of drug-likeness (QED) is 0.167. The zero-order chi connectivity index (χ0) is 39.2. The fourth-order valence-electron chi connectivity index (χ4n) is 9.97. The number of fused-ring (bicyclic) bond motifs is 11. The van der Waals surface area contributed by atoms with Crippen molar-refractivity contribution >= 4 is 53.9 Å². The van der Waals surface area contributed by atoms with Crippen molar-refractivity contribution < 1.29 is 0 Å². The summed E-state index contributed by atoms with van der Waals surface area (Å²) >= 11 is 0. The monoisotopic (exact) mass is 750 g/mol. The van der Waals surface area contributed by atoms with E-state index < -0.39 is 0 Å². The second-order valence-corrected chi connectivity index (χ2v) is 16.5. The molecule has 0 unspecified atom stereocenters. The maximum Gasteiger partial charge on any atom is 0.160 e. The van der Waals surface area contributed by atoms with Gasteiger partial charge in [-0.1, -0.05) is 184 Å². The van der Waals surface area contributed by atoms with Crippen LogP contribution in [0.1, 0.15) is 25.0 Å². The largest absolute Gasteiger partial charge is 0.228 e. The molecule has 2 heteroatoms. The van der Waals surface area contributed by atoms with Crippen LogP contribution in [0.15, 0.2) is 194 Å². The zero-order valence-electron chi connectivity index (χ0n) is 32.9. The fourth-order valence-corrected chi connectivity index (χ4v) is 9.97. The van der Waals surface area contributed by atoms with Crippen molar-refractivity contribution in [3.63, 3.8) is 0 Å². The summed E-state index contributed by atoms with van der Waals surface area (Å²) in [5.74, 6) is 0.716. The van der Waals surface area contributed by atoms with Gasteiger partial charge in [-0.25, -0.2) is 9.97 Å². The molecule has 0 radical (unpaired) electrons. The third-order valence-corrected chi connectivity index (χ3v) is 12.9. The topological polar surface area (TPSA) is 25.8 Å². The molecule has 59 heavy (non-hydrogen) atoms. The molecule has 1 aromatic heterocycles. The van der Waals surface area contributed by atoms with Crippen molar-refractivity contribution in [3.8, 4) is 56.2 Å². The van der Waals surface area contributed by atoms with Gasteiger partial charge >= 0.3 is 0 Å². The Balaban J connectivity index is 1.07. The normalized spacial score (nSPS) is 13.1. The molecule has 1 aliphatic rings. The molecular formula is C57H38N2. The van der Waals surface area contributed by atoms with Crippen molar-refractivity contribution in [2.75, 3.05) is 0 Å². The number of benzene rings is 10. The maximum atomic E-state index is 5.37. The lowest BCUT2D eigenvalue weighted by atomic mass is 9.81. The van der Waals surface area contributed by atoms with Gasteiger partial charge in [-0.3, -0.25) is 0 Å². The highest BCUT2D eigenvalue weighted by Gasteiger charge is 2.37. The predicted octanol–water partition coefficient (Wildman–Crippen LogP) is 15.2. The Hall–Kier alpha value is -7.42. The van der Waals surface area contributed by atoms with Crippen LogP contribution < -0.4 is 0 Å². The van der Waals surface area contributed by atoms with Crippen molar-refractivity contribution in [1.29, 1.82) is 0 Å². The predicted molar refractivity (Wildman–Crippen MR) is 249 cm³/mol.